The molecule has 1 aliphatic rings. The largest absolute Gasteiger partial charge is 0.396 e. The number of carbonyl (C=O) groups is 2. The lowest BCUT2D eigenvalue weighted by molar-refractivity contribution is -0.119. The summed E-state index contributed by atoms with van der Waals surface area (Å²) in [6, 6.07) is 0. The number of amides is 2. The second-order valence-electron chi connectivity index (χ2n) is 4.96. The van der Waals surface area contributed by atoms with Crippen LogP contribution in [-0.2, 0) is 11.8 Å². The van der Waals surface area contributed by atoms with E-state index in [0.29, 0.717) is 31.0 Å². The maximum atomic E-state index is 12.5. The minimum atomic E-state index is -0.347. The van der Waals surface area contributed by atoms with E-state index in [1.807, 2.05) is 4.90 Å². The molecule has 4 N–H and O–H groups in total. The van der Waals surface area contributed by atoms with E-state index in [2.05, 4.69) is 5.10 Å². The average molecular weight is 280 g/mol. The van der Waals surface area contributed by atoms with Gasteiger partial charge >= 0.3 is 0 Å². The molecule has 2 heterocycles. The molecule has 1 fully saturated rings. The SMILES string of the molecule is Cn1ncc(N)c1C(=O)N1CCCN(CC(N)=O)CC1. The Balaban J connectivity index is 2.03. The summed E-state index contributed by atoms with van der Waals surface area (Å²) in [5.74, 6) is -0.468. The quantitative estimate of drug-likeness (QED) is 0.710. The van der Waals surface area contributed by atoms with Crippen molar-refractivity contribution in [2.24, 2.45) is 12.8 Å². The van der Waals surface area contributed by atoms with Gasteiger partial charge < -0.3 is 16.4 Å². The van der Waals surface area contributed by atoms with Gasteiger partial charge in [0.15, 0.2) is 0 Å². The molecule has 0 radical (unpaired) electrons. The first-order valence-electron chi connectivity index (χ1n) is 6.56. The summed E-state index contributed by atoms with van der Waals surface area (Å²) in [6.45, 7) is 2.81. The number of anilines is 1. The van der Waals surface area contributed by atoms with Gasteiger partial charge in [0.2, 0.25) is 5.91 Å². The molecule has 0 aliphatic carbocycles. The van der Waals surface area contributed by atoms with Crippen LogP contribution in [0.4, 0.5) is 5.69 Å². The van der Waals surface area contributed by atoms with Crippen LogP contribution in [0.15, 0.2) is 6.20 Å². The summed E-state index contributed by atoms with van der Waals surface area (Å²) in [5.41, 5.74) is 11.8. The normalized spacial score (nSPS) is 16.9. The van der Waals surface area contributed by atoms with Gasteiger partial charge in [-0.25, -0.2) is 0 Å². The lowest BCUT2D eigenvalue weighted by Gasteiger charge is -2.21. The number of primary amides is 1. The topological polar surface area (TPSA) is 110 Å². The van der Waals surface area contributed by atoms with Gasteiger partial charge in [0.1, 0.15) is 5.69 Å². The predicted molar refractivity (Wildman–Crippen MR) is 73.8 cm³/mol. The molecule has 1 aliphatic heterocycles. The van der Waals surface area contributed by atoms with Gasteiger partial charge in [-0.2, -0.15) is 5.10 Å². The number of rotatable bonds is 3. The third kappa shape index (κ3) is 3.08. The first-order chi connectivity index (χ1) is 9.49. The van der Waals surface area contributed by atoms with E-state index in [-0.39, 0.29) is 18.4 Å². The van der Waals surface area contributed by atoms with Crippen molar-refractivity contribution in [1.82, 2.24) is 19.6 Å². The van der Waals surface area contributed by atoms with Gasteiger partial charge in [-0.15, -0.1) is 0 Å². The number of carbonyl (C=O) groups excluding carboxylic acids is 2. The second kappa shape index (κ2) is 5.91. The zero-order valence-corrected chi connectivity index (χ0v) is 11.6. The molecule has 1 aromatic rings. The van der Waals surface area contributed by atoms with Crippen molar-refractivity contribution in [2.45, 2.75) is 6.42 Å². The lowest BCUT2D eigenvalue weighted by atomic mass is 10.3. The molecular formula is C12H20N6O2. The standard InChI is InChI=1S/C12H20N6O2/c1-16-11(9(13)7-15-16)12(20)18-4-2-3-17(5-6-18)8-10(14)19/h7H,2-6,8,13H2,1H3,(H2,14,19). The molecule has 0 saturated carbocycles. The van der Waals surface area contributed by atoms with Gasteiger partial charge in [0.25, 0.3) is 5.91 Å². The lowest BCUT2D eigenvalue weighted by Crippen LogP contribution is -2.38. The van der Waals surface area contributed by atoms with Gasteiger partial charge in [-0.1, -0.05) is 0 Å². The van der Waals surface area contributed by atoms with Crippen molar-refractivity contribution in [3.8, 4) is 0 Å². The van der Waals surface area contributed by atoms with Crippen molar-refractivity contribution in [1.29, 1.82) is 0 Å². The highest BCUT2D eigenvalue weighted by molar-refractivity contribution is 5.97. The number of nitrogen functional groups attached to an aromatic ring is 1. The molecule has 0 spiro atoms. The van der Waals surface area contributed by atoms with Gasteiger partial charge in [0.05, 0.1) is 18.4 Å². The Bertz CT molecular complexity index is 493. The van der Waals surface area contributed by atoms with Crippen LogP contribution in [0, 0.1) is 0 Å². The maximum absolute atomic E-state index is 12.5. The van der Waals surface area contributed by atoms with E-state index in [4.69, 9.17) is 11.5 Å². The van der Waals surface area contributed by atoms with Gasteiger partial charge in [-0.05, 0) is 6.42 Å². The summed E-state index contributed by atoms with van der Waals surface area (Å²) in [4.78, 5) is 27.1. The molecule has 0 aromatic carbocycles. The zero-order chi connectivity index (χ0) is 14.7. The van der Waals surface area contributed by atoms with E-state index in [1.54, 1.807) is 11.9 Å². The molecule has 1 saturated heterocycles. The number of nitrogens with zero attached hydrogens (tertiary/aromatic N) is 4. The molecule has 0 unspecified atom stereocenters. The molecule has 2 rings (SSSR count). The Labute approximate surface area is 117 Å². The highest BCUT2D eigenvalue weighted by Gasteiger charge is 2.24. The number of hydrogen-bond donors (Lipinski definition) is 2. The van der Waals surface area contributed by atoms with Crippen molar-refractivity contribution in [2.75, 3.05) is 38.5 Å². The van der Waals surface area contributed by atoms with Gasteiger partial charge in [0, 0.05) is 33.2 Å². The summed E-state index contributed by atoms with van der Waals surface area (Å²) >= 11 is 0. The fourth-order valence-corrected chi connectivity index (χ4v) is 2.42. The first kappa shape index (κ1) is 14.3. The third-order valence-corrected chi connectivity index (χ3v) is 3.42. The molecule has 0 atom stereocenters. The smallest absolute Gasteiger partial charge is 0.274 e. The molecule has 1 aromatic heterocycles. The second-order valence-corrected chi connectivity index (χ2v) is 4.96. The van der Waals surface area contributed by atoms with Crippen LogP contribution in [-0.4, -0.2) is 64.1 Å². The van der Waals surface area contributed by atoms with E-state index in [1.165, 1.54) is 10.9 Å². The molecule has 110 valence electrons. The molecule has 8 nitrogen and oxygen atoms in total. The van der Waals surface area contributed by atoms with E-state index < -0.39 is 0 Å². The molecule has 8 heteroatoms. The van der Waals surface area contributed by atoms with E-state index in [9.17, 15) is 9.59 Å². The van der Waals surface area contributed by atoms with Crippen LogP contribution in [0.1, 0.15) is 16.9 Å². The maximum Gasteiger partial charge on any atom is 0.274 e. The fourth-order valence-electron chi connectivity index (χ4n) is 2.42. The summed E-state index contributed by atoms with van der Waals surface area (Å²) in [5, 5.41) is 3.98. The Hall–Kier alpha value is -2.09. The molecule has 2 amide bonds. The van der Waals surface area contributed by atoms with Crippen LogP contribution in [0.2, 0.25) is 0 Å². The summed E-state index contributed by atoms with van der Waals surface area (Å²) in [7, 11) is 1.70. The average Bonchev–Trinajstić information content (AvgIpc) is 2.60. The Morgan fingerprint density at radius 2 is 2.05 bits per heavy atom. The highest BCUT2D eigenvalue weighted by atomic mass is 16.2. The Morgan fingerprint density at radius 3 is 2.65 bits per heavy atom. The van der Waals surface area contributed by atoms with E-state index >= 15 is 0 Å². The minimum absolute atomic E-state index is 0.122. The summed E-state index contributed by atoms with van der Waals surface area (Å²) < 4.78 is 1.49. The number of nitrogens with two attached hydrogens (primary N) is 2. The molecule has 20 heavy (non-hydrogen) atoms. The van der Waals surface area contributed by atoms with Crippen LogP contribution in [0.3, 0.4) is 0 Å². The zero-order valence-electron chi connectivity index (χ0n) is 11.6. The van der Waals surface area contributed by atoms with Crippen molar-refractivity contribution >= 4 is 17.5 Å². The predicted octanol–water partition coefficient (Wildman–Crippen LogP) is -1.36. The number of aromatic nitrogens is 2. The molecular weight excluding hydrogens is 260 g/mol. The summed E-state index contributed by atoms with van der Waals surface area (Å²) in [6.07, 6.45) is 2.28. The Morgan fingerprint density at radius 1 is 1.30 bits per heavy atom. The number of hydrogen-bond acceptors (Lipinski definition) is 5. The van der Waals surface area contributed by atoms with Crippen molar-refractivity contribution in [3.05, 3.63) is 11.9 Å². The van der Waals surface area contributed by atoms with Crippen LogP contribution < -0.4 is 11.5 Å². The monoisotopic (exact) mass is 280 g/mol. The van der Waals surface area contributed by atoms with Gasteiger partial charge in [-0.3, -0.25) is 19.2 Å². The Kier molecular flexibility index (Phi) is 4.23. The first-order valence-corrected chi connectivity index (χ1v) is 6.56. The van der Waals surface area contributed by atoms with Crippen LogP contribution >= 0.6 is 0 Å². The van der Waals surface area contributed by atoms with Crippen molar-refractivity contribution in [3.63, 3.8) is 0 Å². The third-order valence-electron chi connectivity index (χ3n) is 3.42. The van der Waals surface area contributed by atoms with Crippen LogP contribution in [0.5, 0.6) is 0 Å². The fraction of sp³-hybridized carbons (Fsp3) is 0.583. The molecule has 0 bridgehead atoms. The van der Waals surface area contributed by atoms with E-state index in [0.717, 1.165) is 13.0 Å². The highest BCUT2D eigenvalue weighted by Crippen LogP contribution is 2.14. The van der Waals surface area contributed by atoms with Crippen LogP contribution in [0.25, 0.3) is 0 Å². The number of aryl methyl sites for hydroxylation is 1. The van der Waals surface area contributed by atoms with Crippen molar-refractivity contribution < 1.29 is 9.59 Å². The minimum Gasteiger partial charge on any atom is -0.396 e.